The number of carbonyl (C=O) groups is 1. The molecule has 0 amide bonds. The molecular formula is C47H35IrN2O2. The van der Waals surface area contributed by atoms with E-state index in [2.05, 4.69) is 119 Å². The fraction of sp³-hybridized carbons (Fsp3) is 0.0426. The minimum absolute atomic E-state index is 0. The average Bonchev–Trinajstić information content (AvgIpc) is 3.18. The molecule has 0 aliphatic rings. The monoisotopic (exact) mass is 852 g/mol. The molecule has 0 N–H and O–H groups in total. The average molecular weight is 852 g/mol. The molecule has 52 heavy (non-hydrogen) atoms. The van der Waals surface area contributed by atoms with Crippen molar-refractivity contribution in [3.05, 3.63) is 194 Å². The van der Waals surface area contributed by atoms with Gasteiger partial charge in [-0.25, -0.2) is 0 Å². The summed E-state index contributed by atoms with van der Waals surface area (Å²) in [4.78, 5) is 19.1. The fourth-order valence-corrected chi connectivity index (χ4v) is 5.72. The van der Waals surface area contributed by atoms with Gasteiger partial charge >= 0.3 is 20.1 Å². The zero-order valence-corrected chi connectivity index (χ0v) is 31.2. The van der Waals surface area contributed by atoms with Crippen molar-refractivity contribution in [3.8, 4) is 44.8 Å². The van der Waals surface area contributed by atoms with Gasteiger partial charge in [-0.3, -0.25) is 4.79 Å². The Balaban J connectivity index is 0.000000168. The number of rotatable bonds is 5. The van der Waals surface area contributed by atoms with Gasteiger partial charge in [0, 0.05) is 12.4 Å². The zero-order chi connectivity index (χ0) is 35.4. The zero-order valence-electron chi connectivity index (χ0n) is 28.8. The number of fused-ring (bicyclic) bond motifs is 2. The topological polar surface area (TPSA) is 65.9 Å². The van der Waals surface area contributed by atoms with Crippen LogP contribution in [0.5, 0.6) is 0 Å². The van der Waals surface area contributed by atoms with Gasteiger partial charge in [0.25, 0.3) is 0 Å². The van der Waals surface area contributed by atoms with E-state index in [0.717, 1.165) is 39.4 Å². The molecule has 0 atom stereocenters. The molecule has 0 radical (unpaired) electrons. The molecule has 0 fully saturated rings. The number of carbonyl (C=O) groups excluding carboxylic acids is 1. The first-order chi connectivity index (χ1) is 25.0. The summed E-state index contributed by atoms with van der Waals surface area (Å²) in [6, 6.07) is 60.7. The first kappa shape index (κ1) is 37.3. The summed E-state index contributed by atoms with van der Waals surface area (Å²) in [5, 5.41) is 14.7. The van der Waals surface area contributed by atoms with Crippen LogP contribution in [0.1, 0.15) is 13.8 Å². The van der Waals surface area contributed by atoms with Gasteiger partial charge in [-0.05, 0) is 58.1 Å². The van der Waals surface area contributed by atoms with Crippen LogP contribution in [0.2, 0.25) is 0 Å². The quantitative estimate of drug-likeness (QED) is 0.0983. The van der Waals surface area contributed by atoms with E-state index < -0.39 is 0 Å². The Kier molecular flexibility index (Phi) is 13.1. The molecule has 0 aliphatic heterocycles. The van der Waals surface area contributed by atoms with Gasteiger partial charge < -0.3 is 15.1 Å². The van der Waals surface area contributed by atoms with Gasteiger partial charge in [0.15, 0.2) is 5.78 Å². The van der Waals surface area contributed by atoms with Crippen molar-refractivity contribution in [1.82, 2.24) is 9.97 Å². The third-order valence-electron chi connectivity index (χ3n) is 8.10. The summed E-state index contributed by atoms with van der Waals surface area (Å²) < 4.78 is 0. The summed E-state index contributed by atoms with van der Waals surface area (Å²) in [7, 11) is 0. The Bertz CT molecular complexity index is 2220. The molecule has 4 nitrogen and oxygen atoms in total. The van der Waals surface area contributed by atoms with Crippen LogP contribution in [0.15, 0.2) is 182 Å². The van der Waals surface area contributed by atoms with Crippen LogP contribution in [0.4, 0.5) is 0 Å². The molecular weight excluding hydrogens is 817 g/mol. The van der Waals surface area contributed by atoms with E-state index in [0.29, 0.717) is 0 Å². The predicted molar refractivity (Wildman–Crippen MR) is 207 cm³/mol. The van der Waals surface area contributed by atoms with Crippen molar-refractivity contribution >= 4 is 27.3 Å². The van der Waals surface area contributed by atoms with Crippen LogP contribution in [0.25, 0.3) is 66.3 Å². The second-order valence-electron chi connectivity index (χ2n) is 11.8. The minimum Gasteiger partial charge on any atom is -0.876 e. The van der Waals surface area contributed by atoms with Gasteiger partial charge in [-0.15, -0.1) is 65.4 Å². The van der Waals surface area contributed by atoms with Crippen molar-refractivity contribution in [1.29, 1.82) is 0 Å². The Labute approximate surface area is 318 Å². The van der Waals surface area contributed by atoms with E-state index in [1.54, 1.807) is 0 Å². The molecule has 2 aromatic heterocycles. The molecule has 0 bridgehead atoms. The van der Waals surface area contributed by atoms with Crippen LogP contribution in [-0.4, -0.2) is 15.8 Å². The van der Waals surface area contributed by atoms with Gasteiger partial charge in [0.05, 0.1) is 0 Å². The van der Waals surface area contributed by atoms with Crippen molar-refractivity contribution in [2.24, 2.45) is 0 Å². The number of allylic oxidation sites excluding steroid dienone is 2. The molecule has 6 aromatic carbocycles. The number of aromatic nitrogens is 2. The third kappa shape index (κ3) is 9.61. The van der Waals surface area contributed by atoms with Gasteiger partial charge in [0.2, 0.25) is 0 Å². The predicted octanol–water partition coefficient (Wildman–Crippen LogP) is 10.6. The van der Waals surface area contributed by atoms with Crippen LogP contribution in [0.3, 0.4) is 0 Å². The van der Waals surface area contributed by atoms with Crippen molar-refractivity contribution in [2.75, 3.05) is 0 Å². The van der Waals surface area contributed by atoms with E-state index >= 15 is 0 Å². The number of nitrogens with zero attached hydrogens (tertiary/aromatic N) is 2. The van der Waals surface area contributed by atoms with Crippen LogP contribution < -0.4 is 5.11 Å². The van der Waals surface area contributed by atoms with Gasteiger partial charge in [-0.2, -0.15) is 0 Å². The summed E-state index contributed by atoms with van der Waals surface area (Å²) in [6.07, 6.45) is 4.77. The number of benzene rings is 6. The second-order valence-corrected chi connectivity index (χ2v) is 11.8. The molecule has 5 heteroatoms. The number of pyridine rings is 2. The van der Waals surface area contributed by atoms with Gasteiger partial charge in [0.1, 0.15) is 0 Å². The molecule has 0 spiro atoms. The largest absolute Gasteiger partial charge is 3.00 e. The third-order valence-corrected chi connectivity index (χ3v) is 8.10. The maximum absolute atomic E-state index is 9.98. The van der Waals surface area contributed by atoms with E-state index in [1.807, 2.05) is 73.1 Å². The SMILES string of the molecule is CC(=O)/C=C(/C)[O-].[Ir+3].[c-]1cc(-c2ccccc2)ccc1-c1nccc2ccccc12.[c-]1cc(-c2ccccc2)ccc1-c1nccc2ccccc12. The minimum atomic E-state index is -0.187. The maximum Gasteiger partial charge on any atom is 3.00 e. The van der Waals surface area contributed by atoms with Crippen LogP contribution in [0, 0.1) is 12.1 Å². The van der Waals surface area contributed by atoms with E-state index in [-0.39, 0.29) is 31.6 Å². The summed E-state index contributed by atoms with van der Waals surface area (Å²) in [6.45, 7) is 2.70. The molecule has 0 unspecified atom stereocenters. The van der Waals surface area contributed by atoms with Crippen molar-refractivity contribution in [3.63, 3.8) is 0 Å². The van der Waals surface area contributed by atoms with Crippen molar-refractivity contribution in [2.45, 2.75) is 13.8 Å². The Morgan fingerprint density at radius 3 is 1.27 bits per heavy atom. The first-order valence-corrected chi connectivity index (χ1v) is 16.6. The molecule has 2 heterocycles. The Morgan fingerprint density at radius 1 is 0.519 bits per heavy atom. The molecule has 0 aliphatic carbocycles. The molecule has 0 saturated heterocycles. The van der Waals surface area contributed by atoms with Crippen LogP contribution in [-0.2, 0) is 24.9 Å². The standard InChI is InChI=1S/2C21H14N.C5H8O2.Ir/c2*1-2-6-16(7-3-1)17-10-12-19(13-11-17)21-20-9-5-4-8-18(20)14-15-22-21;1-4(6)3-5(2)7;/h2*1-12,14-15H;3,6H,1-2H3;/q2*-1;;+3/p-1/b;;4-3-;. The Hall–Kier alpha value is -6.00. The van der Waals surface area contributed by atoms with E-state index in [4.69, 9.17) is 0 Å². The van der Waals surface area contributed by atoms with E-state index in [1.165, 1.54) is 46.9 Å². The Morgan fingerprint density at radius 2 is 0.923 bits per heavy atom. The smallest absolute Gasteiger partial charge is 0.876 e. The number of hydrogen-bond donors (Lipinski definition) is 0. The van der Waals surface area contributed by atoms with Gasteiger partial charge in [-0.1, -0.05) is 138 Å². The molecule has 8 rings (SSSR count). The summed E-state index contributed by atoms with van der Waals surface area (Å²) >= 11 is 0. The van der Waals surface area contributed by atoms with E-state index in [9.17, 15) is 9.90 Å². The summed E-state index contributed by atoms with van der Waals surface area (Å²) in [5.74, 6) is -0.375. The maximum atomic E-state index is 9.98. The molecule has 8 aromatic rings. The van der Waals surface area contributed by atoms with Crippen molar-refractivity contribution < 1.29 is 30.0 Å². The van der Waals surface area contributed by atoms with Crippen LogP contribution >= 0.6 is 0 Å². The fourth-order valence-electron chi connectivity index (χ4n) is 5.72. The normalized spacial score (nSPS) is 10.6. The summed E-state index contributed by atoms with van der Waals surface area (Å²) in [5.41, 5.74) is 8.77. The first-order valence-electron chi connectivity index (χ1n) is 16.6. The number of ketones is 1. The molecule has 0 saturated carbocycles. The molecule has 254 valence electrons. The second kappa shape index (κ2) is 18.3. The number of hydrogen-bond acceptors (Lipinski definition) is 4.